The molecule has 2 aliphatic rings. The van der Waals surface area contributed by atoms with Crippen molar-refractivity contribution in [2.75, 3.05) is 31.1 Å². The molecule has 0 atom stereocenters. The Labute approximate surface area is 151 Å². The molecule has 0 N–H and O–H groups in total. The van der Waals surface area contributed by atoms with Gasteiger partial charge in [0.15, 0.2) is 0 Å². The van der Waals surface area contributed by atoms with E-state index in [1.807, 2.05) is 23.1 Å². The van der Waals surface area contributed by atoms with Gasteiger partial charge in [-0.2, -0.15) is 0 Å². The molecule has 6 nitrogen and oxygen atoms in total. The first kappa shape index (κ1) is 15.4. The minimum absolute atomic E-state index is 0.0410. The molecule has 6 heteroatoms. The predicted molar refractivity (Wildman–Crippen MR) is 98.3 cm³/mol. The van der Waals surface area contributed by atoms with E-state index >= 15 is 0 Å². The quantitative estimate of drug-likeness (QED) is 0.728. The first-order valence-electron chi connectivity index (χ1n) is 9.14. The Balaban J connectivity index is 1.29. The van der Waals surface area contributed by atoms with Crippen LogP contribution in [0.3, 0.4) is 0 Å². The molecule has 1 aliphatic heterocycles. The summed E-state index contributed by atoms with van der Waals surface area (Å²) in [6.07, 6.45) is 3.72. The number of rotatable bonds is 3. The fourth-order valence-electron chi connectivity index (χ4n) is 3.60. The highest BCUT2D eigenvalue weighted by atomic mass is 16.5. The van der Waals surface area contributed by atoms with Gasteiger partial charge in [-0.25, -0.2) is 4.98 Å². The number of piperazine rings is 1. The van der Waals surface area contributed by atoms with Gasteiger partial charge in [0.2, 0.25) is 0 Å². The highest BCUT2D eigenvalue weighted by Crippen LogP contribution is 2.41. The molecule has 1 aliphatic carbocycles. The fourth-order valence-corrected chi connectivity index (χ4v) is 3.60. The third-order valence-electron chi connectivity index (χ3n) is 5.27. The van der Waals surface area contributed by atoms with E-state index in [1.165, 1.54) is 6.26 Å². The topological polar surface area (TPSA) is 62.5 Å². The minimum Gasteiger partial charge on any atom is -0.364 e. The van der Waals surface area contributed by atoms with E-state index in [0.717, 1.165) is 48.3 Å². The van der Waals surface area contributed by atoms with Crippen LogP contribution in [0, 0.1) is 0 Å². The van der Waals surface area contributed by atoms with Gasteiger partial charge in [0, 0.05) is 37.5 Å². The fraction of sp³-hybridized carbons (Fsp3) is 0.350. The van der Waals surface area contributed by atoms with Crippen LogP contribution in [0.15, 0.2) is 47.2 Å². The lowest BCUT2D eigenvalue weighted by Gasteiger charge is -2.35. The molecule has 3 aromatic rings. The lowest BCUT2D eigenvalue weighted by atomic mass is 10.1. The van der Waals surface area contributed by atoms with Crippen LogP contribution in [0.25, 0.3) is 10.9 Å². The Morgan fingerprint density at radius 2 is 1.85 bits per heavy atom. The number of nitrogens with zero attached hydrogens (tertiary/aromatic N) is 4. The summed E-state index contributed by atoms with van der Waals surface area (Å²) < 4.78 is 5.07. The molecule has 3 heterocycles. The number of amides is 1. The first-order chi connectivity index (χ1) is 12.8. The number of fused-ring (bicyclic) bond motifs is 1. The monoisotopic (exact) mass is 348 g/mol. The van der Waals surface area contributed by atoms with Crippen molar-refractivity contribution < 1.29 is 9.32 Å². The highest BCUT2D eigenvalue weighted by Gasteiger charge is 2.34. The Morgan fingerprint density at radius 1 is 1.04 bits per heavy atom. The van der Waals surface area contributed by atoms with Crippen LogP contribution in [0.2, 0.25) is 0 Å². The Hall–Kier alpha value is -2.89. The molecule has 0 spiro atoms. The third-order valence-corrected chi connectivity index (χ3v) is 5.27. The van der Waals surface area contributed by atoms with Crippen LogP contribution in [-0.2, 0) is 0 Å². The van der Waals surface area contributed by atoms with Gasteiger partial charge < -0.3 is 14.3 Å². The molecule has 0 radical (unpaired) electrons. The summed E-state index contributed by atoms with van der Waals surface area (Å²) >= 11 is 0. The zero-order chi connectivity index (χ0) is 17.5. The van der Waals surface area contributed by atoms with Gasteiger partial charge in [-0.3, -0.25) is 4.79 Å². The second kappa shape index (κ2) is 6.12. The van der Waals surface area contributed by atoms with Crippen molar-refractivity contribution in [2.24, 2.45) is 0 Å². The number of anilines is 1. The Kier molecular flexibility index (Phi) is 3.62. The molecule has 2 fully saturated rings. The van der Waals surface area contributed by atoms with Gasteiger partial charge in [0.25, 0.3) is 5.91 Å². The molecule has 132 valence electrons. The van der Waals surface area contributed by atoms with Crippen molar-refractivity contribution in [3.05, 3.63) is 53.9 Å². The van der Waals surface area contributed by atoms with Crippen molar-refractivity contribution in [3.8, 4) is 0 Å². The largest absolute Gasteiger partial charge is 0.364 e. The molecule has 26 heavy (non-hydrogen) atoms. The standard InChI is InChI=1S/C20H20N4O2/c25-20(16-13-26-22-19(16)15-5-6-15)24-11-9-23(10-12-24)18-8-7-14-3-1-2-4-17(14)21-18/h1-4,7-8,13,15H,5-6,9-12H2. The maximum Gasteiger partial charge on any atom is 0.259 e. The van der Waals surface area contributed by atoms with E-state index in [-0.39, 0.29) is 5.91 Å². The van der Waals surface area contributed by atoms with Crippen LogP contribution in [-0.4, -0.2) is 47.1 Å². The Morgan fingerprint density at radius 3 is 2.65 bits per heavy atom. The molecule has 1 saturated heterocycles. The molecule has 5 rings (SSSR count). The van der Waals surface area contributed by atoms with Crippen molar-refractivity contribution in [2.45, 2.75) is 18.8 Å². The molecular weight excluding hydrogens is 328 g/mol. The summed E-state index contributed by atoms with van der Waals surface area (Å²) in [7, 11) is 0. The number of pyridine rings is 1. The second-order valence-corrected chi connectivity index (χ2v) is 7.03. The average molecular weight is 348 g/mol. The summed E-state index contributed by atoms with van der Waals surface area (Å²) in [5.74, 6) is 1.43. The smallest absolute Gasteiger partial charge is 0.259 e. The SMILES string of the molecule is O=C(c1conc1C1CC1)N1CCN(c2ccc3ccccc3n2)CC1. The van der Waals surface area contributed by atoms with Gasteiger partial charge in [0.05, 0.1) is 11.2 Å². The number of hydrogen-bond donors (Lipinski definition) is 0. The zero-order valence-electron chi connectivity index (χ0n) is 14.5. The number of carbonyl (C=O) groups is 1. The summed E-state index contributed by atoms with van der Waals surface area (Å²) in [5, 5.41) is 5.19. The van der Waals surface area contributed by atoms with Crippen LogP contribution in [0.5, 0.6) is 0 Å². The predicted octanol–water partition coefficient (Wildman–Crippen LogP) is 3.06. The first-order valence-corrected chi connectivity index (χ1v) is 9.14. The van der Waals surface area contributed by atoms with Crippen LogP contribution >= 0.6 is 0 Å². The van der Waals surface area contributed by atoms with E-state index < -0.39 is 0 Å². The molecule has 0 bridgehead atoms. The molecule has 0 unspecified atom stereocenters. The van der Waals surface area contributed by atoms with Gasteiger partial charge >= 0.3 is 0 Å². The summed E-state index contributed by atoms with van der Waals surface area (Å²) in [6.45, 7) is 2.92. The normalized spacial score (nSPS) is 17.7. The van der Waals surface area contributed by atoms with Gasteiger partial charge in [-0.05, 0) is 31.0 Å². The van der Waals surface area contributed by atoms with Crippen molar-refractivity contribution >= 4 is 22.6 Å². The molecule has 1 aromatic carbocycles. The maximum atomic E-state index is 12.8. The van der Waals surface area contributed by atoms with Crippen molar-refractivity contribution in [3.63, 3.8) is 0 Å². The number of benzene rings is 1. The molecule has 1 saturated carbocycles. The van der Waals surface area contributed by atoms with Crippen LogP contribution in [0.1, 0.15) is 34.8 Å². The summed E-state index contributed by atoms with van der Waals surface area (Å²) in [6, 6.07) is 12.3. The maximum absolute atomic E-state index is 12.8. The molecular formula is C20H20N4O2. The number of aromatic nitrogens is 2. The number of para-hydroxylation sites is 1. The van der Waals surface area contributed by atoms with Crippen LogP contribution < -0.4 is 4.90 Å². The highest BCUT2D eigenvalue weighted by molar-refractivity contribution is 5.95. The van der Waals surface area contributed by atoms with Gasteiger partial charge in [-0.15, -0.1) is 0 Å². The van der Waals surface area contributed by atoms with E-state index in [4.69, 9.17) is 9.51 Å². The third kappa shape index (κ3) is 2.71. The van der Waals surface area contributed by atoms with Crippen LogP contribution in [0.4, 0.5) is 5.82 Å². The average Bonchev–Trinajstić information content (AvgIpc) is 3.43. The minimum atomic E-state index is 0.0410. The number of hydrogen-bond acceptors (Lipinski definition) is 5. The lowest BCUT2D eigenvalue weighted by molar-refractivity contribution is 0.0745. The van der Waals surface area contributed by atoms with Crippen molar-refractivity contribution in [1.82, 2.24) is 15.0 Å². The van der Waals surface area contributed by atoms with Gasteiger partial charge in [0.1, 0.15) is 17.6 Å². The Bertz CT molecular complexity index is 955. The van der Waals surface area contributed by atoms with E-state index in [9.17, 15) is 4.79 Å². The second-order valence-electron chi connectivity index (χ2n) is 7.03. The van der Waals surface area contributed by atoms with E-state index in [1.54, 1.807) is 0 Å². The zero-order valence-corrected chi connectivity index (χ0v) is 14.5. The summed E-state index contributed by atoms with van der Waals surface area (Å²) in [5.41, 5.74) is 2.49. The molecule has 1 amide bonds. The number of carbonyl (C=O) groups excluding carboxylic acids is 1. The van der Waals surface area contributed by atoms with Crippen molar-refractivity contribution in [1.29, 1.82) is 0 Å². The lowest BCUT2D eigenvalue weighted by Crippen LogP contribution is -2.49. The van der Waals surface area contributed by atoms with E-state index in [2.05, 4.69) is 28.3 Å². The molecule has 2 aromatic heterocycles. The van der Waals surface area contributed by atoms with Gasteiger partial charge in [-0.1, -0.05) is 23.4 Å². The van der Waals surface area contributed by atoms with E-state index in [0.29, 0.717) is 24.6 Å². The summed E-state index contributed by atoms with van der Waals surface area (Å²) in [4.78, 5) is 21.7.